The number of carbonyl (C=O) groups excluding carboxylic acids is 1. The van der Waals surface area contributed by atoms with Gasteiger partial charge in [-0.05, 0) is 18.9 Å². The van der Waals surface area contributed by atoms with E-state index in [1.807, 2.05) is 30.3 Å². The molecule has 0 aromatic heterocycles. The van der Waals surface area contributed by atoms with Gasteiger partial charge in [-0.3, -0.25) is 4.79 Å². The van der Waals surface area contributed by atoms with E-state index < -0.39 is 11.5 Å². The Morgan fingerprint density at radius 3 is 2.72 bits per heavy atom. The molecule has 3 heteroatoms. The third-order valence-electron chi connectivity index (χ3n) is 3.63. The normalized spacial score (nSPS) is 31.8. The van der Waals surface area contributed by atoms with Gasteiger partial charge in [-0.25, -0.2) is 0 Å². The summed E-state index contributed by atoms with van der Waals surface area (Å²) in [5.74, 6) is -0.352. The molecule has 1 heterocycles. The molecule has 1 saturated heterocycles. The molecular weight excluding hydrogens is 228 g/mol. The van der Waals surface area contributed by atoms with E-state index in [1.165, 1.54) is 0 Å². The fourth-order valence-electron chi connectivity index (χ4n) is 2.30. The van der Waals surface area contributed by atoms with Crippen molar-refractivity contribution in [3.63, 3.8) is 0 Å². The van der Waals surface area contributed by atoms with Gasteiger partial charge in [0.1, 0.15) is 6.10 Å². The Balaban J connectivity index is 2.20. The summed E-state index contributed by atoms with van der Waals surface area (Å²) in [6.07, 6.45) is 1.44. The van der Waals surface area contributed by atoms with Crippen LogP contribution in [-0.4, -0.2) is 17.2 Å². The molecule has 1 aliphatic rings. The van der Waals surface area contributed by atoms with Crippen LogP contribution in [0.5, 0.6) is 0 Å². The predicted octanol–water partition coefficient (Wildman–Crippen LogP) is 2.62. The topological polar surface area (TPSA) is 46.5 Å². The highest BCUT2D eigenvalue weighted by atomic mass is 16.5. The first-order chi connectivity index (χ1) is 8.58. The first kappa shape index (κ1) is 12.8. The number of esters is 1. The summed E-state index contributed by atoms with van der Waals surface area (Å²) in [6.45, 7) is 5.35. The van der Waals surface area contributed by atoms with E-state index in [1.54, 1.807) is 13.0 Å². The molecule has 3 atom stereocenters. The molecule has 96 valence electrons. The predicted molar refractivity (Wildman–Crippen MR) is 68.8 cm³/mol. The van der Waals surface area contributed by atoms with Gasteiger partial charge >= 0.3 is 5.97 Å². The fraction of sp³-hybridized carbons (Fsp3) is 0.400. The Bertz CT molecular complexity index is 440. The van der Waals surface area contributed by atoms with Crippen molar-refractivity contribution in [2.24, 2.45) is 5.41 Å². The second-order valence-electron chi connectivity index (χ2n) is 4.97. The molecule has 0 aliphatic carbocycles. The summed E-state index contributed by atoms with van der Waals surface area (Å²) in [4.78, 5) is 12.1. The molecule has 1 aliphatic heterocycles. The molecule has 0 radical (unpaired) electrons. The number of cyclic esters (lactones) is 1. The summed E-state index contributed by atoms with van der Waals surface area (Å²) < 4.78 is 5.46. The Morgan fingerprint density at radius 1 is 1.50 bits per heavy atom. The zero-order valence-electron chi connectivity index (χ0n) is 10.5. The van der Waals surface area contributed by atoms with Gasteiger partial charge in [0.2, 0.25) is 0 Å². The monoisotopic (exact) mass is 246 g/mol. The molecule has 1 fully saturated rings. The van der Waals surface area contributed by atoms with Crippen molar-refractivity contribution in [1.82, 2.24) is 0 Å². The second kappa shape index (κ2) is 4.94. The van der Waals surface area contributed by atoms with Crippen molar-refractivity contribution in [3.05, 3.63) is 48.6 Å². The lowest BCUT2D eigenvalue weighted by Gasteiger charge is -2.39. The summed E-state index contributed by atoms with van der Waals surface area (Å²) in [7, 11) is 0. The quantitative estimate of drug-likeness (QED) is 0.658. The van der Waals surface area contributed by atoms with Crippen molar-refractivity contribution in [3.8, 4) is 0 Å². The van der Waals surface area contributed by atoms with Gasteiger partial charge in [-0.2, -0.15) is 0 Å². The summed E-state index contributed by atoms with van der Waals surface area (Å²) in [6, 6.07) is 9.51. The van der Waals surface area contributed by atoms with Crippen LogP contribution >= 0.6 is 0 Å². The van der Waals surface area contributed by atoms with Gasteiger partial charge < -0.3 is 9.84 Å². The first-order valence-electron chi connectivity index (χ1n) is 6.13. The van der Waals surface area contributed by atoms with E-state index in [0.29, 0.717) is 12.8 Å². The van der Waals surface area contributed by atoms with E-state index in [4.69, 9.17) is 4.74 Å². The van der Waals surface area contributed by atoms with Gasteiger partial charge in [0.05, 0.1) is 11.5 Å². The average molecular weight is 246 g/mol. The van der Waals surface area contributed by atoms with E-state index in [-0.39, 0.29) is 12.1 Å². The minimum absolute atomic E-state index is 0.352. The van der Waals surface area contributed by atoms with Gasteiger partial charge in [-0.1, -0.05) is 36.4 Å². The van der Waals surface area contributed by atoms with Crippen LogP contribution in [0.25, 0.3) is 0 Å². The van der Waals surface area contributed by atoms with Crippen LogP contribution in [0.1, 0.15) is 31.4 Å². The second-order valence-corrected chi connectivity index (χ2v) is 4.97. The molecule has 1 N–H and O–H groups in total. The number of hydrogen-bond acceptors (Lipinski definition) is 3. The Labute approximate surface area is 107 Å². The van der Waals surface area contributed by atoms with E-state index in [9.17, 15) is 9.90 Å². The number of rotatable bonds is 3. The molecule has 0 spiro atoms. The Morgan fingerprint density at radius 2 is 2.17 bits per heavy atom. The standard InChI is InChI=1S/C15H18O3/c1-3-9-15(2)13(16)10-12(18-14(15)17)11-7-5-4-6-8-11/h3-8,12-13,16H,1,9-10H2,2H3/t12-,13-,15-/m1/s1. The number of ether oxygens (including phenoxy) is 1. The molecule has 0 amide bonds. The minimum atomic E-state index is -0.868. The number of carbonyl (C=O) groups is 1. The smallest absolute Gasteiger partial charge is 0.315 e. The lowest BCUT2D eigenvalue weighted by atomic mass is 9.76. The molecule has 0 saturated carbocycles. The van der Waals surface area contributed by atoms with Crippen LogP contribution in [0, 0.1) is 5.41 Å². The molecule has 0 bridgehead atoms. The maximum Gasteiger partial charge on any atom is 0.315 e. The summed E-state index contributed by atoms with van der Waals surface area (Å²) >= 11 is 0. The number of allylic oxidation sites excluding steroid dienone is 1. The first-order valence-corrected chi connectivity index (χ1v) is 6.13. The highest BCUT2D eigenvalue weighted by molar-refractivity contribution is 5.78. The van der Waals surface area contributed by atoms with E-state index in [0.717, 1.165) is 5.56 Å². The SMILES string of the molecule is C=CC[C@@]1(C)C(=O)O[C@@H](c2ccccc2)C[C@H]1O. The number of aliphatic hydroxyl groups is 1. The average Bonchev–Trinajstić information content (AvgIpc) is 2.37. The van der Waals surface area contributed by atoms with Crippen LogP contribution in [0.15, 0.2) is 43.0 Å². The highest BCUT2D eigenvalue weighted by Gasteiger charge is 2.47. The van der Waals surface area contributed by atoms with Crippen molar-refractivity contribution in [2.45, 2.75) is 32.0 Å². The van der Waals surface area contributed by atoms with E-state index >= 15 is 0 Å². The molecule has 2 rings (SSSR count). The third kappa shape index (κ3) is 2.18. The third-order valence-corrected chi connectivity index (χ3v) is 3.63. The van der Waals surface area contributed by atoms with Crippen LogP contribution in [-0.2, 0) is 9.53 Å². The van der Waals surface area contributed by atoms with Crippen molar-refractivity contribution in [2.75, 3.05) is 0 Å². The zero-order valence-corrected chi connectivity index (χ0v) is 10.5. The largest absolute Gasteiger partial charge is 0.457 e. The maximum absolute atomic E-state index is 12.1. The number of aliphatic hydroxyl groups excluding tert-OH is 1. The van der Waals surface area contributed by atoms with Gasteiger partial charge in [0, 0.05) is 6.42 Å². The van der Waals surface area contributed by atoms with Crippen LogP contribution in [0.2, 0.25) is 0 Å². The fourth-order valence-corrected chi connectivity index (χ4v) is 2.30. The van der Waals surface area contributed by atoms with Gasteiger partial charge in [-0.15, -0.1) is 6.58 Å². The van der Waals surface area contributed by atoms with Crippen molar-refractivity contribution < 1.29 is 14.6 Å². The van der Waals surface area contributed by atoms with Crippen LogP contribution in [0.4, 0.5) is 0 Å². The Kier molecular flexibility index (Phi) is 3.53. The number of benzene rings is 1. The van der Waals surface area contributed by atoms with Crippen LogP contribution < -0.4 is 0 Å². The molecular formula is C15H18O3. The van der Waals surface area contributed by atoms with Crippen molar-refractivity contribution >= 4 is 5.97 Å². The lowest BCUT2D eigenvalue weighted by Crippen LogP contribution is -2.46. The maximum atomic E-state index is 12.1. The lowest BCUT2D eigenvalue weighted by molar-refractivity contribution is -0.183. The van der Waals surface area contributed by atoms with Crippen LogP contribution in [0.3, 0.4) is 0 Å². The minimum Gasteiger partial charge on any atom is -0.457 e. The highest BCUT2D eigenvalue weighted by Crippen LogP contribution is 2.40. The van der Waals surface area contributed by atoms with E-state index in [2.05, 4.69) is 6.58 Å². The Hall–Kier alpha value is -1.61. The summed E-state index contributed by atoms with van der Waals surface area (Å²) in [5, 5.41) is 10.2. The molecule has 1 aromatic carbocycles. The number of hydrogen-bond donors (Lipinski definition) is 1. The molecule has 3 nitrogen and oxygen atoms in total. The van der Waals surface area contributed by atoms with Gasteiger partial charge in [0.15, 0.2) is 0 Å². The molecule has 1 aromatic rings. The molecule has 18 heavy (non-hydrogen) atoms. The summed E-state index contributed by atoms with van der Waals surface area (Å²) in [5.41, 5.74) is 0.0538. The van der Waals surface area contributed by atoms with Gasteiger partial charge in [0.25, 0.3) is 0 Å². The zero-order chi connectivity index (χ0) is 13.2. The van der Waals surface area contributed by atoms with Crippen molar-refractivity contribution in [1.29, 1.82) is 0 Å². The molecule has 0 unspecified atom stereocenters.